The quantitative estimate of drug-likeness (QED) is 0.611. The van der Waals surface area contributed by atoms with Gasteiger partial charge in [-0.25, -0.2) is 0 Å². The average molecular weight is 390 g/mol. The lowest BCUT2D eigenvalue weighted by Gasteiger charge is -2.15. The predicted octanol–water partition coefficient (Wildman–Crippen LogP) is 2.11. The Labute approximate surface area is 161 Å². The maximum Gasteiger partial charge on any atom is 0.255 e. The first kappa shape index (κ1) is 18.9. The van der Waals surface area contributed by atoms with E-state index >= 15 is 0 Å². The predicted molar refractivity (Wildman–Crippen MR) is 101 cm³/mol. The molecule has 9 heteroatoms. The Kier molecular flexibility index (Phi) is 5.78. The van der Waals surface area contributed by atoms with Crippen LogP contribution in [0.3, 0.4) is 0 Å². The molecule has 1 atom stereocenters. The minimum Gasteiger partial charge on any atom is -0.493 e. The molecule has 27 heavy (non-hydrogen) atoms. The van der Waals surface area contributed by atoms with Crippen molar-refractivity contribution < 1.29 is 14.3 Å². The highest BCUT2D eigenvalue weighted by Crippen LogP contribution is 2.36. The number of nitrogens with one attached hydrogen (secondary N) is 1. The zero-order valence-electron chi connectivity index (χ0n) is 15.0. The molecule has 3 aromatic rings. The summed E-state index contributed by atoms with van der Waals surface area (Å²) in [5, 5.41) is 12.1. The van der Waals surface area contributed by atoms with Crippen LogP contribution in [-0.2, 0) is 11.3 Å². The Hall–Kier alpha value is -2.84. The van der Waals surface area contributed by atoms with Gasteiger partial charge in [-0.05, 0) is 36.8 Å². The van der Waals surface area contributed by atoms with Crippen molar-refractivity contribution in [3.8, 4) is 11.5 Å². The molecule has 1 aromatic carbocycles. The summed E-state index contributed by atoms with van der Waals surface area (Å²) in [4.78, 5) is 10.9. The minimum absolute atomic E-state index is 0.0436. The smallest absolute Gasteiger partial charge is 0.255 e. The second kappa shape index (κ2) is 8.24. The number of carbonyl (C=O) groups is 1. The highest BCUT2D eigenvalue weighted by atomic mass is 35.5. The first-order valence-corrected chi connectivity index (χ1v) is 8.68. The van der Waals surface area contributed by atoms with Gasteiger partial charge in [0.2, 0.25) is 0 Å². The Morgan fingerprint density at radius 3 is 2.93 bits per heavy atom. The van der Waals surface area contributed by atoms with Gasteiger partial charge < -0.3 is 20.5 Å². The van der Waals surface area contributed by atoms with Gasteiger partial charge in [-0.15, -0.1) is 10.2 Å². The molecule has 8 nitrogen and oxygen atoms in total. The second-order valence-electron chi connectivity index (χ2n) is 5.95. The Balaban J connectivity index is 1.73. The van der Waals surface area contributed by atoms with Crippen LogP contribution in [0.4, 0.5) is 0 Å². The second-order valence-corrected chi connectivity index (χ2v) is 6.36. The number of nitrogens with zero attached hydrogens (tertiary/aromatic N) is 3. The van der Waals surface area contributed by atoms with Crippen LogP contribution in [-0.4, -0.2) is 34.2 Å². The number of nitrogens with two attached hydrogens (primary N) is 1. The van der Waals surface area contributed by atoms with E-state index in [-0.39, 0.29) is 12.6 Å². The molecule has 2 heterocycles. The minimum atomic E-state index is -0.590. The summed E-state index contributed by atoms with van der Waals surface area (Å²) in [7, 11) is 1.50. The average Bonchev–Trinajstić information content (AvgIpc) is 3.08. The largest absolute Gasteiger partial charge is 0.493 e. The number of primary amides is 1. The number of pyridine rings is 1. The number of halogens is 1. The first-order valence-electron chi connectivity index (χ1n) is 8.30. The third kappa shape index (κ3) is 4.29. The first-order chi connectivity index (χ1) is 13.0. The lowest BCUT2D eigenvalue weighted by Crippen LogP contribution is -2.21. The van der Waals surface area contributed by atoms with Crippen LogP contribution in [0.25, 0.3) is 5.65 Å². The molecule has 1 amide bonds. The summed E-state index contributed by atoms with van der Waals surface area (Å²) in [6.07, 6.45) is 1.92. The number of hydrogen-bond donors (Lipinski definition) is 2. The molecule has 0 aliphatic carbocycles. The summed E-state index contributed by atoms with van der Waals surface area (Å²) in [6, 6.07) is 9.26. The van der Waals surface area contributed by atoms with Gasteiger partial charge >= 0.3 is 0 Å². The van der Waals surface area contributed by atoms with Gasteiger partial charge in [-0.2, -0.15) is 0 Å². The molecule has 2 aromatic heterocycles. The van der Waals surface area contributed by atoms with Gasteiger partial charge in [-0.1, -0.05) is 17.7 Å². The van der Waals surface area contributed by atoms with Crippen LogP contribution in [0.2, 0.25) is 5.02 Å². The van der Waals surface area contributed by atoms with Crippen LogP contribution in [0.15, 0.2) is 36.5 Å². The molecule has 0 aliphatic heterocycles. The number of amides is 1. The molecule has 1 unspecified atom stereocenters. The number of fused-ring (bicyclic) bond motifs is 1. The van der Waals surface area contributed by atoms with Crippen molar-refractivity contribution in [3.63, 3.8) is 0 Å². The third-order valence-electron chi connectivity index (χ3n) is 3.99. The molecule has 3 rings (SSSR count). The van der Waals surface area contributed by atoms with Crippen molar-refractivity contribution in [3.05, 3.63) is 52.9 Å². The Morgan fingerprint density at radius 1 is 1.37 bits per heavy atom. The summed E-state index contributed by atoms with van der Waals surface area (Å²) < 4.78 is 12.6. The van der Waals surface area contributed by atoms with Gasteiger partial charge in [0.25, 0.3) is 5.91 Å². The summed E-state index contributed by atoms with van der Waals surface area (Å²) >= 11 is 6.28. The molecular formula is C18H20ClN5O3. The fraction of sp³-hybridized carbons (Fsp3) is 0.278. The van der Waals surface area contributed by atoms with Crippen molar-refractivity contribution in [1.82, 2.24) is 19.9 Å². The fourth-order valence-electron chi connectivity index (χ4n) is 2.68. The molecule has 142 valence electrons. The fourth-order valence-corrected chi connectivity index (χ4v) is 2.96. The molecule has 0 saturated carbocycles. The van der Waals surface area contributed by atoms with Crippen molar-refractivity contribution in [1.29, 1.82) is 0 Å². The maximum absolute atomic E-state index is 10.9. The molecule has 3 N–H and O–H groups in total. The number of methoxy groups -OCH3 is 1. The van der Waals surface area contributed by atoms with Gasteiger partial charge in [0.15, 0.2) is 29.6 Å². The Bertz CT molecular complexity index is 959. The maximum atomic E-state index is 10.9. The van der Waals surface area contributed by atoms with E-state index in [0.717, 1.165) is 17.0 Å². The number of rotatable bonds is 8. The van der Waals surface area contributed by atoms with E-state index in [4.69, 9.17) is 26.8 Å². The van der Waals surface area contributed by atoms with Crippen LogP contribution in [0.5, 0.6) is 11.5 Å². The number of hydrogen-bond acceptors (Lipinski definition) is 6. The van der Waals surface area contributed by atoms with Gasteiger partial charge in [0.05, 0.1) is 18.2 Å². The SMILES string of the molecule is COc1cc(CNC(C)c2nnc3ccccn23)cc(Cl)c1OCC(N)=O. The molecule has 0 saturated heterocycles. The van der Waals surface area contributed by atoms with E-state index < -0.39 is 5.91 Å². The zero-order chi connectivity index (χ0) is 19.4. The molecule has 0 fully saturated rings. The summed E-state index contributed by atoms with van der Waals surface area (Å²) in [6.45, 7) is 2.26. The number of carbonyl (C=O) groups excluding carboxylic acids is 1. The van der Waals surface area contributed by atoms with Crippen LogP contribution in [0.1, 0.15) is 24.4 Å². The number of ether oxygens (including phenoxy) is 2. The summed E-state index contributed by atoms with van der Waals surface area (Å²) in [5.41, 5.74) is 6.79. The number of benzene rings is 1. The molecule has 0 aliphatic rings. The van der Waals surface area contributed by atoms with Crippen molar-refractivity contribution in [2.45, 2.75) is 19.5 Å². The van der Waals surface area contributed by atoms with Crippen LogP contribution in [0, 0.1) is 0 Å². The Morgan fingerprint density at radius 2 is 2.19 bits per heavy atom. The lowest BCUT2D eigenvalue weighted by atomic mass is 10.2. The van der Waals surface area contributed by atoms with Gasteiger partial charge in [0, 0.05) is 12.7 Å². The third-order valence-corrected chi connectivity index (χ3v) is 4.27. The zero-order valence-corrected chi connectivity index (χ0v) is 15.7. The van der Waals surface area contributed by atoms with E-state index in [1.54, 1.807) is 12.1 Å². The molecular weight excluding hydrogens is 370 g/mol. The van der Waals surface area contributed by atoms with E-state index in [9.17, 15) is 4.79 Å². The molecule has 0 radical (unpaired) electrons. The van der Waals surface area contributed by atoms with Crippen LogP contribution < -0.4 is 20.5 Å². The van der Waals surface area contributed by atoms with Crippen molar-refractivity contribution >= 4 is 23.2 Å². The van der Waals surface area contributed by atoms with Gasteiger partial charge in [0.1, 0.15) is 0 Å². The molecule has 0 bridgehead atoms. The van der Waals surface area contributed by atoms with E-state index in [1.807, 2.05) is 35.7 Å². The summed E-state index contributed by atoms with van der Waals surface area (Å²) in [5.74, 6) is 0.942. The molecule has 0 spiro atoms. The standard InChI is InChI=1S/C18H20ClN5O3/c1-11(18-23-22-16-5-3-4-6-24(16)18)21-9-12-7-13(19)17(14(8-12)26-2)27-10-15(20)25/h3-8,11,21H,9-10H2,1-2H3,(H2,20,25). The normalized spacial score (nSPS) is 12.1. The van der Waals surface area contributed by atoms with E-state index in [2.05, 4.69) is 15.5 Å². The topological polar surface area (TPSA) is 104 Å². The van der Waals surface area contributed by atoms with Crippen molar-refractivity contribution in [2.75, 3.05) is 13.7 Å². The highest BCUT2D eigenvalue weighted by molar-refractivity contribution is 6.32. The number of aromatic nitrogens is 3. The monoisotopic (exact) mass is 389 g/mol. The van der Waals surface area contributed by atoms with Crippen LogP contribution >= 0.6 is 11.6 Å². The lowest BCUT2D eigenvalue weighted by molar-refractivity contribution is -0.119. The van der Waals surface area contributed by atoms with E-state index in [1.165, 1.54) is 7.11 Å². The highest BCUT2D eigenvalue weighted by Gasteiger charge is 2.16. The van der Waals surface area contributed by atoms with Gasteiger partial charge in [-0.3, -0.25) is 9.20 Å². The van der Waals surface area contributed by atoms with E-state index in [0.29, 0.717) is 23.1 Å². The van der Waals surface area contributed by atoms with Crippen molar-refractivity contribution in [2.24, 2.45) is 5.73 Å².